The number of ether oxygens (including phenoxy) is 1. The minimum absolute atomic E-state index is 0.101. The van der Waals surface area contributed by atoms with E-state index in [-0.39, 0.29) is 6.61 Å². The normalized spacial score (nSPS) is 9.27. The van der Waals surface area contributed by atoms with Crippen molar-refractivity contribution in [2.75, 3.05) is 6.61 Å². The molecule has 1 heterocycles. The van der Waals surface area contributed by atoms with Crippen LogP contribution in [0.4, 0.5) is 0 Å². The molecule has 3 nitrogen and oxygen atoms in total. The van der Waals surface area contributed by atoms with Gasteiger partial charge in [-0.15, -0.1) is 11.8 Å². The van der Waals surface area contributed by atoms with Gasteiger partial charge in [-0.2, -0.15) is 0 Å². The van der Waals surface area contributed by atoms with Crippen molar-refractivity contribution in [1.29, 1.82) is 0 Å². The average Bonchev–Trinajstić information content (AvgIpc) is 2.26. The molecule has 0 saturated carbocycles. The Kier molecular flexibility index (Phi) is 4.65. The van der Waals surface area contributed by atoms with Gasteiger partial charge in [0.1, 0.15) is 11.4 Å². The van der Waals surface area contributed by atoms with Crippen LogP contribution >= 0.6 is 0 Å². The number of hydrogen-bond acceptors (Lipinski definition) is 3. The summed E-state index contributed by atoms with van der Waals surface area (Å²) in [5, 5.41) is 9.08. The molecule has 0 spiro atoms. The zero-order valence-electron chi connectivity index (χ0n) is 9.08. The summed E-state index contributed by atoms with van der Waals surface area (Å²) in [7, 11) is 0. The summed E-state index contributed by atoms with van der Waals surface area (Å²) in [5.74, 6) is 6.35. The van der Waals surface area contributed by atoms with Crippen molar-refractivity contribution >= 4 is 0 Å². The molecule has 0 unspecified atom stereocenters. The Balaban J connectivity index is 2.62. The number of aromatic nitrogens is 1. The molecule has 0 aliphatic carbocycles. The smallest absolute Gasteiger partial charge is 0.143 e. The van der Waals surface area contributed by atoms with Crippen molar-refractivity contribution in [3.8, 4) is 17.6 Å². The summed E-state index contributed by atoms with van der Waals surface area (Å²) >= 11 is 0. The zero-order valence-corrected chi connectivity index (χ0v) is 9.08. The van der Waals surface area contributed by atoms with Gasteiger partial charge in [0.2, 0.25) is 0 Å². The van der Waals surface area contributed by atoms with E-state index in [1.807, 2.05) is 19.1 Å². The number of rotatable bonds is 4. The second-order valence-corrected chi connectivity index (χ2v) is 3.08. The third kappa shape index (κ3) is 3.61. The van der Waals surface area contributed by atoms with Gasteiger partial charge >= 0.3 is 0 Å². The van der Waals surface area contributed by atoms with E-state index in [9.17, 15) is 0 Å². The number of nitrogens with zero attached hydrogens (tertiary/aromatic N) is 1. The first-order valence-electron chi connectivity index (χ1n) is 4.87. The van der Waals surface area contributed by atoms with Gasteiger partial charge in [0.05, 0.1) is 13.2 Å². The van der Waals surface area contributed by atoms with E-state index in [1.54, 1.807) is 6.92 Å². The van der Waals surface area contributed by atoms with E-state index < -0.39 is 0 Å². The maximum atomic E-state index is 9.08. The predicted octanol–water partition coefficient (Wildman–Crippen LogP) is 1.67. The molecule has 0 aromatic carbocycles. The Morgan fingerprint density at radius 3 is 2.93 bits per heavy atom. The van der Waals surface area contributed by atoms with Crippen molar-refractivity contribution in [3.05, 3.63) is 23.5 Å². The van der Waals surface area contributed by atoms with E-state index in [2.05, 4.69) is 16.8 Å². The highest BCUT2D eigenvalue weighted by molar-refractivity contribution is 5.28. The van der Waals surface area contributed by atoms with Crippen molar-refractivity contribution < 1.29 is 9.84 Å². The molecule has 0 saturated heterocycles. The molecule has 1 N–H and O–H groups in total. The summed E-state index contributed by atoms with van der Waals surface area (Å²) in [4.78, 5) is 4.18. The Bertz CT molecular complexity index is 377. The number of pyridine rings is 1. The highest BCUT2D eigenvalue weighted by Gasteiger charge is 2.03. The fourth-order valence-electron chi connectivity index (χ4n) is 1.18. The van der Waals surface area contributed by atoms with Crippen LogP contribution in [-0.2, 0) is 6.61 Å². The van der Waals surface area contributed by atoms with Crippen LogP contribution in [-0.4, -0.2) is 16.7 Å². The SMILES string of the molecule is CC#CCCOc1ccc(C)nc1CO. The molecule has 1 aromatic heterocycles. The van der Waals surface area contributed by atoms with Gasteiger partial charge in [-0.3, -0.25) is 4.98 Å². The molecule has 1 aromatic rings. The molecule has 0 aliphatic rings. The lowest BCUT2D eigenvalue weighted by Crippen LogP contribution is -2.02. The lowest BCUT2D eigenvalue weighted by molar-refractivity contribution is 0.259. The minimum Gasteiger partial charge on any atom is -0.491 e. The first-order valence-corrected chi connectivity index (χ1v) is 4.87. The topological polar surface area (TPSA) is 42.4 Å². The Hall–Kier alpha value is -1.53. The van der Waals surface area contributed by atoms with Crippen molar-refractivity contribution in [2.45, 2.75) is 26.9 Å². The van der Waals surface area contributed by atoms with Crippen LogP contribution in [0, 0.1) is 18.8 Å². The maximum Gasteiger partial charge on any atom is 0.143 e. The molecule has 0 atom stereocenters. The van der Waals surface area contributed by atoms with Crippen molar-refractivity contribution in [1.82, 2.24) is 4.98 Å². The molecule has 15 heavy (non-hydrogen) atoms. The second-order valence-electron chi connectivity index (χ2n) is 3.08. The molecule has 0 bridgehead atoms. The standard InChI is InChI=1S/C12H15NO2/c1-3-4-5-8-15-12-7-6-10(2)13-11(12)9-14/h6-7,14H,5,8-9H2,1-2H3. The molecule has 0 fully saturated rings. The number of aliphatic hydroxyl groups is 1. The van der Waals surface area contributed by atoms with Gasteiger partial charge < -0.3 is 9.84 Å². The summed E-state index contributed by atoms with van der Waals surface area (Å²) < 4.78 is 5.46. The zero-order chi connectivity index (χ0) is 11.1. The summed E-state index contributed by atoms with van der Waals surface area (Å²) in [6.07, 6.45) is 0.690. The van der Waals surface area contributed by atoms with Crippen molar-refractivity contribution in [3.63, 3.8) is 0 Å². The second kappa shape index (κ2) is 6.05. The van der Waals surface area contributed by atoms with E-state index in [1.165, 1.54) is 0 Å². The van der Waals surface area contributed by atoms with Crippen LogP contribution in [0.1, 0.15) is 24.7 Å². The molecule has 80 valence electrons. The first-order chi connectivity index (χ1) is 7.27. The van der Waals surface area contributed by atoms with Crippen LogP contribution in [0.2, 0.25) is 0 Å². The van der Waals surface area contributed by atoms with Gasteiger partial charge in [0.15, 0.2) is 0 Å². The molecule has 1 rings (SSSR count). The Labute approximate surface area is 90.1 Å². The fraction of sp³-hybridized carbons (Fsp3) is 0.417. The maximum absolute atomic E-state index is 9.08. The largest absolute Gasteiger partial charge is 0.491 e. The molecule has 0 aliphatic heterocycles. The average molecular weight is 205 g/mol. The quantitative estimate of drug-likeness (QED) is 0.600. The van der Waals surface area contributed by atoms with Crippen LogP contribution < -0.4 is 4.74 Å². The van der Waals surface area contributed by atoms with Gasteiger partial charge in [0, 0.05) is 12.1 Å². The van der Waals surface area contributed by atoms with Crippen LogP contribution in [0.15, 0.2) is 12.1 Å². The van der Waals surface area contributed by atoms with Crippen LogP contribution in [0.25, 0.3) is 0 Å². The first kappa shape index (κ1) is 11.5. The third-order valence-electron chi connectivity index (χ3n) is 1.88. The number of hydrogen-bond donors (Lipinski definition) is 1. The lowest BCUT2D eigenvalue weighted by Gasteiger charge is -2.08. The molecule has 3 heteroatoms. The molecule has 0 radical (unpaired) electrons. The lowest BCUT2D eigenvalue weighted by atomic mass is 10.3. The number of aliphatic hydroxyl groups excluding tert-OH is 1. The summed E-state index contributed by atoms with van der Waals surface area (Å²) in [6.45, 7) is 4.10. The van der Waals surface area contributed by atoms with Gasteiger partial charge in [-0.25, -0.2) is 0 Å². The van der Waals surface area contributed by atoms with Crippen LogP contribution in [0.3, 0.4) is 0 Å². The number of aryl methyl sites for hydroxylation is 1. The monoisotopic (exact) mass is 205 g/mol. The Morgan fingerprint density at radius 1 is 1.47 bits per heavy atom. The van der Waals surface area contributed by atoms with E-state index in [4.69, 9.17) is 9.84 Å². The molecule has 0 amide bonds. The Morgan fingerprint density at radius 2 is 2.27 bits per heavy atom. The minimum atomic E-state index is -0.101. The van der Waals surface area contributed by atoms with E-state index in [0.717, 1.165) is 5.69 Å². The molecular weight excluding hydrogens is 190 g/mol. The summed E-state index contributed by atoms with van der Waals surface area (Å²) in [5.41, 5.74) is 1.46. The predicted molar refractivity (Wildman–Crippen MR) is 58.5 cm³/mol. The van der Waals surface area contributed by atoms with Gasteiger partial charge in [-0.1, -0.05) is 0 Å². The van der Waals surface area contributed by atoms with Crippen LogP contribution in [0.5, 0.6) is 5.75 Å². The van der Waals surface area contributed by atoms with Crippen molar-refractivity contribution in [2.24, 2.45) is 0 Å². The van der Waals surface area contributed by atoms with E-state index >= 15 is 0 Å². The van der Waals surface area contributed by atoms with Gasteiger partial charge in [0.25, 0.3) is 0 Å². The van der Waals surface area contributed by atoms with E-state index in [0.29, 0.717) is 24.5 Å². The highest BCUT2D eigenvalue weighted by atomic mass is 16.5. The van der Waals surface area contributed by atoms with Gasteiger partial charge in [-0.05, 0) is 26.0 Å². The summed E-state index contributed by atoms with van der Waals surface area (Å²) in [6, 6.07) is 3.69. The molecular formula is C12H15NO2. The highest BCUT2D eigenvalue weighted by Crippen LogP contribution is 2.16. The fourth-order valence-corrected chi connectivity index (χ4v) is 1.18. The third-order valence-corrected chi connectivity index (χ3v) is 1.88.